The molecular formula is C15H18F4O2. The van der Waals surface area contributed by atoms with Gasteiger partial charge in [-0.3, -0.25) is 4.79 Å². The molecule has 1 rings (SSSR count). The lowest BCUT2D eigenvalue weighted by Gasteiger charge is -2.18. The standard InChI is InChI=1S/C15H18F4O2/c1-3-5-13(20)14(21-8-4-2)10-6-7-12(16)11(9-10)15(17,18)19/h6-7,9,14H,3-5,8H2,1-2H3. The number of hydrogen-bond acceptors (Lipinski definition) is 2. The number of carbonyl (C=O) groups is 1. The van der Waals surface area contributed by atoms with E-state index in [0.717, 1.165) is 6.07 Å². The molecule has 0 fully saturated rings. The Balaban J connectivity index is 3.15. The van der Waals surface area contributed by atoms with Crippen LogP contribution < -0.4 is 0 Å². The zero-order chi connectivity index (χ0) is 16.0. The molecule has 0 bridgehead atoms. The quantitative estimate of drug-likeness (QED) is 0.684. The summed E-state index contributed by atoms with van der Waals surface area (Å²) in [5.41, 5.74) is -1.34. The van der Waals surface area contributed by atoms with E-state index in [4.69, 9.17) is 4.74 Å². The first kappa shape index (κ1) is 17.6. The second kappa shape index (κ2) is 7.54. The molecule has 1 atom stereocenters. The van der Waals surface area contributed by atoms with Crippen molar-refractivity contribution in [1.29, 1.82) is 0 Å². The molecule has 1 unspecified atom stereocenters. The van der Waals surface area contributed by atoms with E-state index in [9.17, 15) is 22.4 Å². The maximum atomic E-state index is 13.3. The van der Waals surface area contributed by atoms with Gasteiger partial charge in [0.1, 0.15) is 11.9 Å². The largest absolute Gasteiger partial charge is 0.419 e. The predicted octanol–water partition coefficient (Wildman–Crippen LogP) is 4.68. The summed E-state index contributed by atoms with van der Waals surface area (Å²) in [5, 5.41) is 0. The Morgan fingerprint density at radius 3 is 2.43 bits per heavy atom. The van der Waals surface area contributed by atoms with Crippen LogP contribution in [0.15, 0.2) is 18.2 Å². The van der Waals surface area contributed by atoms with Gasteiger partial charge in [-0.2, -0.15) is 13.2 Å². The number of halogens is 4. The van der Waals surface area contributed by atoms with Gasteiger partial charge < -0.3 is 4.74 Å². The Morgan fingerprint density at radius 1 is 1.24 bits per heavy atom. The Bertz CT molecular complexity index is 483. The number of hydrogen-bond donors (Lipinski definition) is 0. The van der Waals surface area contributed by atoms with Gasteiger partial charge >= 0.3 is 6.18 Å². The number of Topliss-reactive ketones (excluding diaryl/α,β-unsaturated/α-hetero) is 1. The maximum absolute atomic E-state index is 13.3. The number of alkyl halides is 3. The molecule has 0 amide bonds. The van der Waals surface area contributed by atoms with Crippen LogP contribution in [-0.4, -0.2) is 12.4 Å². The minimum Gasteiger partial charge on any atom is -0.366 e. The van der Waals surface area contributed by atoms with Crippen molar-refractivity contribution >= 4 is 5.78 Å². The van der Waals surface area contributed by atoms with Crippen molar-refractivity contribution in [3.05, 3.63) is 35.1 Å². The van der Waals surface area contributed by atoms with E-state index in [1.807, 2.05) is 6.92 Å². The Labute approximate surface area is 121 Å². The van der Waals surface area contributed by atoms with Crippen molar-refractivity contribution in [2.45, 2.75) is 45.4 Å². The highest BCUT2D eigenvalue weighted by atomic mass is 19.4. The van der Waals surface area contributed by atoms with Crippen LogP contribution in [0.3, 0.4) is 0 Å². The summed E-state index contributed by atoms with van der Waals surface area (Å²) in [5.74, 6) is -1.66. The Hall–Kier alpha value is -1.43. The summed E-state index contributed by atoms with van der Waals surface area (Å²) in [6.45, 7) is 3.87. The molecule has 0 aliphatic rings. The van der Waals surface area contributed by atoms with Crippen LogP contribution in [0.2, 0.25) is 0 Å². The molecule has 0 N–H and O–H groups in total. The summed E-state index contributed by atoms with van der Waals surface area (Å²) < 4.78 is 56.8. The molecule has 118 valence electrons. The smallest absolute Gasteiger partial charge is 0.366 e. The second-order valence-electron chi connectivity index (χ2n) is 4.70. The SMILES string of the molecule is CCCOC(C(=O)CCC)c1ccc(F)c(C(F)(F)F)c1. The molecular weight excluding hydrogens is 288 g/mol. The van der Waals surface area contributed by atoms with Gasteiger partial charge in [0.2, 0.25) is 0 Å². The van der Waals surface area contributed by atoms with Gasteiger partial charge in [0.15, 0.2) is 5.78 Å². The summed E-state index contributed by atoms with van der Waals surface area (Å²) in [4.78, 5) is 12.0. The number of ketones is 1. The molecule has 2 nitrogen and oxygen atoms in total. The van der Waals surface area contributed by atoms with Crippen LogP contribution in [-0.2, 0) is 15.7 Å². The number of benzene rings is 1. The topological polar surface area (TPSA) is 26.3 Å². The van der Waals surface area contributed by atoms with E-state index in [1.165, 1.54) is 6.07 Å². The Morgan fingerprint density at radius 2 is 1.90 bits per heavy atom. The summed E-state index contributed by atoms with van der Waals surface area (Å²) in [7, 11) is 0. The van der Waals surface area contributed by atoms with Crippen LogP contribution >= 0.6 is 0 Å². The van der Waals surface area contributed by atoms with E-state index in [0.29, 0.717) is 18.9 Å². The third-order valence-electron chi connectivity index (χ3n) is 2.88. The lowest BCUT2D eigenvalue weighted by atomic mass is 10.00. The van der Waals surface area contributed by atoms with E-state index in [1.54, 1.807) is 6.92 Å². The number of ether oxygens (including phenoxy) is 1. The first-order chi connectivity index (χ1) is 9.81. The van der Waals surface area contributed by atoms with E-state index < -0.39 is 23.7 Å². The van der Waals surface area contributed by atoms with Gasteiger partial charge in [-0.15, -0.1) is 0 Å². The van der Waals surface area contributed by atoms with Gasteiger partial charge in [0.05, 0.1) is 5.56 Å². The third kappa shape index (κ3) is 4.81. The predicted molar refractivity (Wildman–Crippen MR) is 70.3 cm³/mol. The average Bonchev–Trinajstić information content (AvgIpc) is 2.39. The fourth-order valence-corrected chi connectivity index (χ4v) is 1.91. The highest BCUT2D eigenvalue weighted by molar-refractivity contribution is 5.84. The lowest BCUT2D eigenvalue weighted by molar-refractivity contribution is -0.140. The molecule has 0 aromatic heterocycles. The highest BCUT2D eigenvalue weighted by Gasteiger charge is 2.35. The summed E-state index contributed by atoms with van der Waals surface area (Å²) in [6.07, 6.45) is -4.48. The van der Waals surface area contributed by atoms with E-state index >= 15 is 0 Å². The zero-order valence-corrected chi connectivity index (χ0v) is 12.0. The first-order valence-corrected chi connectivity index (χ1v) is 6.82. The van der Waals surface area contributed by atoms with Crippen molar-refractivity contribution in [3.8, 4) is 0 Å². The number of carbonyl (C=O) groups excluding carboxylic acids is 1. The van der Waals surface area contributed by atoms with Crippen LogP contribution in [0, 0.1) is 5.82 Å². The molecule has 0 heterocycles. The molecule has 0 saturated heterocycles. The third-order valence-corrected chi connectivity index (χ3v) is 2.88. The van der Waals surface area contributed by atoms with Crippen LogP contribution in [0.5, 0.6) is 0 Å². The molecule has 6 heteroatoms. The lowest BCUT2D eigenvalue weighted by Crippen LogP contribution is -2.18. The van der Waals surface area contributed by atoms with E-state index in [2.05, 4.69) is 0 Å². The molecule has 0 aliphatic heterocycles. The maximum Gasteiger partial charge on any atom is 0.419 e. The van der Waals surface area contributed by atoms with Crippen molar-refractivity contribution in [1.82, 2.24) is 0 Å². The van der Waals surface area contributed by atoms with Crippen molar-refractivity contribution < 1.29 is 27.1 Å². The average molecular weight is 306 g/mol. The van der Waals surface area contributed by atoms with Crippen LogP contribution in [0.25, 0.3) is 0 Å². The monoisotopic (exact) mass is 306 g/mol. The summed E-state index contributed by atoms with van der Waals surface area (Å²) in [6, 6.07) is 2.54. The van der Waals surface area contributed by atoms with Crippen LogP contribution in [0.1, 0.15) is 50.3 Å². The molecule has 1 aromatic carbocycles. The van der Waals surface area contributed by atoms with Gasteiger partial charge in [-0.05, 0) is 30.5 Å². The normalized spacial score (nSPS) is 13.2. The van der Waals surface area contributed by atoms with E-state index in [-0.39, 0.29) is 24.4 Å². The fourth-order valence-electron chi connectivity index (χ4n) is 1.91. The molecule has 0 radical (unpaired) electrons. The van der Waals surface area contributed by atoms with Crippen LogP contribution in [0.4, 0.5) is 17.6 Å². The first-order valence-electron chi connectivity index (χ1n) is 6.82. The molecule has 1 aromatic rings. The minimum atomic E-state index is -4.80. The molecule has 0 spiro atoms. The molecule has 0 saturated carbocycles. The Kier molecular flexibility index (Phi) is 6.33. The van der Waals surface area contributed by atoms with Crippen molar-refractivity contribution in [3.63, 3.8) is 0 Å². The van der Waals surface area contributed by atoms with Gasteiger partial charge in [-0.1, -0.05) is 19.9 Å². The van der Waals surface area contributed by atoms with Gasteiger partial charge in [0.25, 0.3) is 0 Å². The molecule has 21 heavy (non-hydrogen) atoms. The highest BCUT2D eigenvalue weighted by Crippen LogP contribution is 2.34. The minimum absolute atomic E-state index is 0.0376. The summed E-state index contributed by atoms with van der Waals surface area (Å²) >= 11 is 0. The van der Waals surface area contributed by atoms with Gasteiger partial charge in [-0.25, -0.2) is 4.39 Å². The second-order valence-corrected chi connectivity index (χ2v) is 4.70. The van der Waals surface area contributed by atoms with Crippen molar-refractivity contribution in [2.75, 3.05) is 6.61 Å². The van der Waals surface area contributed by atoms with Gasteiger partial charge in [0, 0.05) is 13.0 Å². The number of rotatable bonds is 7. The molecule has 0 aliphatic carbocycles. The van der Waals surface area contributed by atoms with Crippen molar-refractivity contribution in [2.24, 2.45) is 0 Å². The fraction of sp³-hybridized carbons (Fsp3) is 0.533. The zero-order valence-electron chi connectivity index (χ0n) is 12.0.